The first-order valence-electron chi connectivity index (χ1n) is 5.72. The third-order valence-corrected chi connectivity index (χ3v) is 2.45. The Morgan fingerprint density at radius 1 is 1.56 bits per heavy atom. The number of aromatic nitrogens is 2. The summed E-state index contributed by atoms with van der Waals surface area (Å²) in [6.07, 6.45) is 6.04. The summed E-state index contributed by atoms with van der Waals surface area (Å²) in [7, 11) is 0. The lowest BCUT2D eigenvalue weighted by Gasteiger charge is -2.08. The van der Waals surface area contributed by atoms with Gasteiger partial charge in [-0.2, -0.15) is 5.10 Å². The predicted octanol–water partition coefficient (Wildman–Crippen LogP) is 2.55. The lowest BCUT2D eigenvalue weighted by molar-refractivity contribution is 0.532. The van der Waals surface area contributed by atoms with Gasteiger partial charge in [-0.05, 0) is 32.5 Å². The van der Waals surface area contributed by atoms with E-state index in [0.717, 1.165) is 18.7 Å². The van der Waals surface area contributed by atoms with Crippen LogP contribution in [0.3, 0.4) is 0 Å². The first-order chi connectivity index (χ1) is 7.63. The smallest absolute Gasteiger partial charge is 0.170 e. The molecule has 1 aromatic heterocycles. The Labute approximate surface area is 102 Å². The molecule has 0 amide bonds. The average molecular weight is 240 g/mol. The van der Waals surface area contributed by atoms with Crippen molar-refractivity contribution in [3.8, 4) is 0 Å². The highest BCUT2D eigenvalue weighted by Gasteiger charge is 2.02. The molecule has 0 saturated heterocycles. The van der Waals surface area contributed by atoms with Crippen LogP contribution < -0.4 is 10.6 Å². The molecular weight excluding hydrogens is 220 g/mol. The molecule has 0 aliphatic rings. The van der Waals surface area contributed by atoms with Crippen molar-refractivity contribution in [3.63, 3.8) is 0 Å². The van der Waals surface area contributed by atoms with Crippen molar-refractivity contribution >= 4 is 23.0 Å². The second-order valence-corrected chi connectivity index (χ2v) is 4.45. The van der Waals surface area contributed by atoms with Gasteiger partial charge in [0.15, 0.2) is 5.11 Å². The minimum atomic E-state index is 0.372. The molecule has 0 unspecified atom stereocenters. The summed E-state index contributed by atoms with van der Waals surface area (Å²) in [5.41, 5.74) is 0.933. The Morgan fingerprint density at radius 3 is 2.88 bits per heavy atom. The first kappa shape index (κ1) is 13.0. The number of hydrogen-bond donors (Lipinski definition) is 2. The van der Waals surface area contributed by atoms with Gasteiger partial charge in [-0.25, -0.2) is 0 Å². The van der Waals surface area contributed by atoms with Crippen molar-refractivity contribution in [1.82, 2.24) is 15.1 Å². The van der Waals surface area contributed by atoms with Crippen LogP contribution in [-0.4, -0.2) is 21.4 Å². The number of nitrogens with one attached hydrogen (secondary N) is 2. The SMILES string of the molecule is CCCCNC(=S)Nc1cnn(C(C)C)c1. The molecule has 0 aromatic carbocycles. The van der Waals surface area contributed by atoms with E-state index in [2.05, 4.69) is 36.5 Å². The Balaban J connectivity index is 2.37. The van der Waals surface area contributed by atoms with E-state index < -0.39 is 0 Å². The second kappa shape index (κ2) is 6.48. The summed E-state index contributed by atoms with van der Waals surface area (Å²) < 4.78 is 1.90. The van der Waals surface area contributed by atoms with Gasteiger partial charge >= 0.3 is 0 Å². The molecule has 1 rings (SSSR count). The topological polar surface area (TPSA) is 41.9 Å². The van der Waals surface area contributed by atoms with Crippen molar-refractivity contribution in [2.75, 3.05) is 11.9 Å². The largest absolute Gasteiger partial charge is 0.362 e. The number of rotatable bonds is 5. The number of thiocarbonyl (C=S) groups is 1. The molecular formula is C11H20N4S. The van der Waals surface area contributed by atoms with Gasteiger partial charge in [0, 0.05) is 18.8 Å². The summed E-state index contributed by atoms with van der Waals surface area (Å²) >= 11 is 5.17. The van der Waals surface area contributed by atoms with Gasteiger partial charge in [0.2, 0.25) is 0 Å². The summed E-state index contributed by atoms with van der Waals surface area (Å²) in [5.74, 6) is 0. The zero-order valence-electron chi connectivity index (χ0n) is 10.2. The van der Waals surface area contributed by atoms with Crippen LogP contribution in [0.4, 0.5) is 5.69 Å². The molecule has 16 heavy (non-hydrogen) atoms. The Bertz CT molecular complexity index is 332. The van der Waals surface area contributed by atoms with E-state index in [0.29, 0.717) is 11.2 Å². The minimum Gasteiger partial charge on any atom is -0.362 e. The zero-order chi connectivity index (χ0) is 12.0. The molecule has 5 heteroatoms. The molecule has 0 fully saturated rings. The van der Waals surface area contributed by atoms with E-state index >= 15 is 0 Å². The van der Waals surface area contributed by atoms with Crippen LogP contribution in [0.2, 0.25) is 0 Å². The van der Waals surface area contributed by atoms with E-state index in [1.165, 1.54) is 6.42 Å². The van der Waals surface area contributed by atoms with Gasteiger partial charge in [0.05, 0.1) is 11.9 Å². The highest BCUT2D eigenvalue weighted by molar-refractivity contribution is 7.80. The molecule has 0 spiro atoms. The first-order valence-corrected chi connectivity index (χ1v) is 6.13. The Morgan fingerprint density at radius 2 is 2.31 bits per heavy atom. The second-order valence-electron chi connectivity index (χ2n) is 4.04. The van der Waals surface area contributed by atoms with E-state index in [1.54, 1.807) is 6.20 Å². The van der Waals surface area contributed by atoms with Crippen LogP contribution in [0.15, 0.2) is 12.4 Å². The van der Waals surface area contributed by atoms with Gasteiger partial charge in [-0.15, -0.1) is 0 Å². The highest BCUT2D eigenvalue weighted by atomic mass is 32.1. The van der Waals surface area contributed by atoms with Gasteiger partial charge < -0.3 is 10.6 Å². The van der Waals surface area contributed by atoms with Crippen LogP contribution in [0.25, 0.3) is 0 Å². The van der Waals surface area contributed by atoms with E-state index in [9.17, 15) is 0 Å². The monoisotopic (exact) mass is 240 g/mol. The summed E-state index contributed by atoms with van der Waals surface area (Å²) in [6.45, 7) is 7.26. The zero-order valence-corrected chi connectivity index (χ0v) is 11.0. The van der Waals surface area contributed by atoms with E-state index in [1.807, 2.05) is 10.9 Å². The molecule has 1 aromatic rings. The van der Waals surface area contributed by atoms with Crippen LogP contribution in [-0.2, 0) is 0 Å². The third kappa shape index (κ3) is 4.18. The van der Waals surface area contributed by atoms with Gasteiger partial charge in [-0.1, -0.05) is 13.3 Å². The predicted molar refractivity (Wildman–Crippen MR) is 71.7 cm³/mol. The summed E-state index contributed by atoms with van der Waals surface area (Å²) in [6, 6.07) is 0.372. The molecule has 4 nitrogen and oxygen atoms in total. The van der Waals surface area contributed by atoms with Crippen molar-refractivity contribution < 1.29 is 0 Å². The quantitative estimate of drug-likeness (QED) is 0.613. The van der Waals surface area contributed by atoms with Crippen LogP contribution in [0.1, 0.15) is 39.7 Å². The van der Waals surface area contributed by atoms with E-state index in [4.69, 9.17) is 12.2 Å². The molecule has 0 aliphatic carbocycles. The summed E-state index contributed by atoms with van der Waals surface area (Å²) in [5, 5.41) is 11.2. The Kier molecular flexibility index (Phi) is 5.25. The maximum absolute atomic E-state index is 5.17. The molecule has 0 aliphatic heterocycles. The van der Waals surface area contributed by atoms with Crippen LogP contribution in [0, 0.1) is 0 Å². The lowest BCUT2D eigenvalue weighted by Crippen LogP contribution is -2.28. The number of anilines is 1. The maximum atomic E-state index is 5.17. The minimum absolute atomic E-state index is 0.372. The van der Waals surface area contributed by atoms with Crippen molar-refractivity contribution in [2.24, 2.45) is 0 Å². The lowest BCUT2D eigenvalue weighted by atomic mass is 10.3. The number of hydrogen-bond acceptors (Lipinski definition) is 2. The number of nitrogens with zero attached hydrogens (tertiary/aromatic N) is 2. The van der Waals surface area contributed by atoms with Crippen molar-refractivity contribution in [2.45, 2.75) is 39.7 Å². The third-order valence-electron chi connectivity index (χ3n) is 2.20. The highest BCUT2D eigenvalue weighted by Crippen LogP contribution is 2.09. The number of unbranched alkanes of at least 4 members (excludes halogenated alkanes) is 1. The van der Waals surface area contributed by atoms with Crippen molar-refractivity contribution in [1.29, 1.82) is 0 Å². The maximum Gasteiger partial charge on any atom is 0.170 e. The van der Waals surface area contributed by atoms with E-state index in [-0.39, 0.29) is 0 Å². The van der Waals surface area contributed by atoms with Gasteiger partial charge in [0.25, 0.3) is 0 Å². The van der Waals surface area contributed by atoms with Crippen molar-refractivity contribution in [3.05, 3.63) is 12.4 Å². The molecule has 90 valence electrons. The van der Waals surface area contributed by atoms with Gasteiger partial charge in [0.1, 0.15) is 0 Å². The molecule has 2 N–H and O–H groups in total. The molecule has 0 bridgehead atoms. The standard InChI is InChI=1S/C11H20N4S/c1-4-5-6-12-11(16)14-10-7-13-15(8-10)9(2)3/h7-9H,4-6H2,1-3H3,(H2,12,14,16). The fourth-order valence-electron chi connectivity index (χ4n) is 1.24. The molecule has 1 heterocycles. The normalized spacial score (nSPS) is 10.5. The molecule has 0 radical (unpaired) electrons. The summed E-state index contributed by atoms with van der Waals surface area (Å²) in [4.78, 5) is 0. The molecule has 0 saturated carbocycles. The van der Waals surface area contributed by atoms with Crippen LogP contribution in [0.5, 0.6) is 0 Å². The fourth-order valence-corrected chi connectivity index (χ4v) is 1.46. The average Bonchev–Trinajstić information content (AvgIpc) is 2.66. The molecule has 0 atom stereocenters. The van der Waals surface area contributed by atoms with Crippen LogP contribution >= 0.6 is 12.2 Å². The van der Waals surface area contributed by atoms with Gasteiger partial charge in [-0.3, -0.25) is 4.68 Å². The Hall–Kier alpha value is -1.10. The fraction of sp³-hybridized carbons (Fsp3) is 0.636.